The van der Waals surface area contributed by atoms with E-state index in [9.17, 15) is 0 Å². The molecular weight excluding hydrogens is 254 g/mol. The Bertz CT molecular complexity index is 595. The molecule has 19 heavy (non-hydrogen) atoms. The normalized spacial score (nSPS) is 10.2. The number of nitrogens with zero attached hydrogens (tertiary/aromatic N) is 2. The van der Waals surface area contributed by atoms with Crippen molar-refractivity contribution in [3.05, 3.63) is 59.3 Å². The van der Waals surface area contributed by atoms with Crippen molar-refractivity contribution < 1.29 is 0 Å². The van der Waals surface area contributed by atoms with E-state index in [0.717, 1.165) is 12.4 Å². The second kappa shape index (κ2) is 5.80. The van der Waals surface area contributed by atoms with Crippen LogP contribution in [0.4, 0.5) is 5.82 Å². The molecule has 0 aliphatic heterocycles. The third kappa shape index (κ3) is 3.51. The molecule has 2 N–H and O–H groups in total. The van der Waals surface area contributed by atoms with Crippen LogP contribution in [0.1, 0.15) is 16.8 Å². The number of pyridine rings is 1. The molecule has 0 aliphatic carbocycles. The van der Waals surface area contributed by atoms with Crippen LogP contribution in [0.5, 0.6) is 0 Å². The van der Waals surface area contributed by atoms with Crippen LogP contribution in [0.25, 0.3) is 0 Å². The molecule has 3 nitrogen and oxygen atoms in total. The maximum Gasteiger partial charge on any atom is 0.129 e. The van der Waals surface area contributed by atoms with E-state index in [1.165, 1.54) is 11.1 Å². The minimum absolute atomic E-state index is 0.325. The summed E-state index contributed by atoms with van der Waals surface area (Å²) >= 11 is 4.95. The molecule has 0 atom stereocenters. The van der Waals surface area contributed by atoms with Crippen LogP contribution in [0.3, 0.4) is 0 Å². The predicted octanol–water partition coefficient (Wildman–Crippen LogP) is 2.66. The molecule has 0 saturated heterocycles. The number of aryl methyl sites for hydroxylation is 1. The van der Waals surface area contributed by atoms with Crippen molar-refractivity contribution in [1.29, 1.82) is 0 Å². The van der Waals surface area contributed by atoms with Crippen LogP contribution in [-0.2, 0) is 6.54 Å². The van der Waals surface area contributed by atoms with Gasteiger partial charge in [-0.05, 0) is 24.6 Å². The average molecular weight is 271 g/mol. The van der Waals surface area contributed by atoms with E-state index >= 15 is 0 Å². The Morgan fingerprint density at radius 3 is 2.68 bits per heavy atom. The van der Waals surface area contributed by atoms with Gasteiger partial charge < -0.3 is 10.6 Å². The van der Waals surface area contributed by atoms with Gasteiger partial charge in [0.1, 0.15) is 10.8 Å². The molecule has 1 heterocycles. The molecule has 0 saturated carbocycles. The predicted molar refractivity (Wildman–Crippen MR) is 83.4 cm³/mol. The van der Waals surface area contributed by atoms with E-state index < -0.39 is 0 Å². The van der Waals surface area contributed by atoms with Gasteiger partial charge in [-0.1, -0.05) is 48.1 Å². The monoisotopic (exact) mass is 271 g/mol. The summed E-state index contributed by atoms with van der Waals surface area (Å²) < 4.78 is 0. The lowest BCUT2D eigenvalue weighted by Crippen LogP contribution is -2.20. The van der Waals surface area contributed by atoms with Crippen molar-refractivity contribution in [3.8, 4) is 0 Å². The van der Waals surface area contributed by atoms with Crippen molar-refractivity contribution in [2.45, 2.75) is 13.5 Å². The minimum atomic E-state index is 0.325. The Kier molecular flexibility index (Phi) is 4.12. The zero-order chi connectivity index (χ0) is 13.8. The van der Waals surface area contributed by atoms with Gasteiger partial charge in [-0.2, -0.15) is 0 Å². The number of nitrogens with two attached hydrogens (primary N) is 1. The molecule has 4 heteroatoms. The van der Waals surface area contributed by atoms with E-state index in [1.54, 1.807) is 0 Å². The number of hydrogen-bond donors (Lipinski definition) is 1. The maximum absolute atomic E-state index is 5.61. The molecule has 0 fully saturated rings. The van der Waals surface area contributed by atoms with Crippen molar-refractivity contribution in [1.82, 2.24) is 4.98 Å². The Labute approximate surface area is 119 Å². The molecule has 0 bridgehead atoms. The first-order valence-electron chi connectivity index (χ1n) is 6.10. The highest BCUT2D eigenvalue weighted by Gasteiger charge is 2.06. The lowest BCUT2D eigenvalue weighted by molar-refractivity contribution is 0.895. The number of aromatic nitrogens is 1. The molecule has 1 aromatic heterocycles. The van der Waals surface area contributed by atoms with Crippen LogP contribution in [0.15, 0.2) is 42.5 Å². The molecule has 98 valence electrons. The average Bonchev–Trinajstić information content (AvgIpc) is 2.39. The minimum Gasteiger partial charge on any atom is -0.388 e. The number of hydrogen-bond acceptors (Lipinski definition) is 3. The summed E-state index contributed by atoms with van der Waals surface area (Å²) in [5.74, 6) is 0.867. The van der Waals surface area contributed by atoms with E-state index in [4.69, 9.17) is 18.0 Å². The van der Waals surface area contributed by atoms with Gasteiger partial charge >= 0.3 is 0 Å². The molecule has 2 rings (SSSR count). The van der Waals surface area contributed by atoms with Gasteiger partial charge in [0.25, 0.3) is 0 Å². The van der Waals surface area contributed by atoms with Crippen molar-refractivity contribution >= 4 is 23.0 Å². The fourth-order valence-electron chi connectivity index (χ4n) is 1.94. The summed E-state index contributed by atoms with van der Waals surface area (Å²) in [6, 6.07) is 14.1. The van der Waals surface area contributed by atoms with Gasteiger partial charge in [0.15, 0.2) is 0 Å². The maximum atomic E-state index is 5.61. The number of rotatable bonds is 4. The number of thiocarbonyl (C=S) groups is 1. The second-order valence-electron chi connectivity index (χ2n) is 4.59. The molecule has 0 aliphatic rings. The SMILES string of the molecule is Cc1cccc(CN(C)c2cccc(C(N)=S)n2)c1. The fraction of sp³-hybridized carbons (Fsp3) is 0.200. The Morgan fingerprint density at radius 1 is 1.26 bits per heavy atom. The van der Waals surface area contributed by atoms with Crippen LogP contribution < -0.4 is 10.6 Å². The summed E-state index contributed by atoms with van der Waals surface area (Å²) in [6.07, 6.45) is 0. The lowest BCUT2D eigenvalue weighted by Gasteiger charge is -2.19. The first kappa shape index (κ1) is 13.5. The van der Waals surface area contributed by atoms with Gasteiger partial charge in [-0.3, -0.25) is 0 Å². The summed E-state index contributed by atoms with van der Waals surface area (Å²) in [7, 11) is 2.01. The van der Waals surface area contributed by atoms with Crippen molar-refractivity contribution in [3.63, 3.8) is 0 Å². The molecule has 0 radical (unpaired) electrons. The number of anilines is 1. The molecule has 0 amide bonds. The third-order valence-corrected chi connectivity index (χ3v) is 3.09. The van der Waals surface area contributed by atoms with E-state index in [0.29, 0.717) is 10.7 Å². The Balaban J connectivity index is 2.18. The standard InChI is InChI=1S/C15H17N3S/c1-11-5-3-6-12(9-11)10-18(2)14-8-4-7-13(17-14)15(16)19/h3-9H,10H2,1-2H3,(H2,16,19). The van der Waals surface area contributed by atoms with Gasteiger partial charge in [-0.15, -0.1) is 0 Å². The smallest absolute Gasteiger partial charge is 0.129 e. The third-order valence-electron chi connectivity index (χ3n) is 2.88. The zero-order valence-corrected chi connectivity index (χ0v) is 11.9. The topological polar surface area (TPSA) is 42.1 Å². The first-order valence-corrected chi connectivity index (χ1v) is 6.50. The molecule has 1 aromatic carbocycles. The molecule has 0 unspecified atom stereocenters. The van der Waals surface area contributed by atoms with E-state index in [1.807, 2.05) is 25.2 Å². The lowest BCUT2D eigenvalue weighted by atomic mass is 10.1. The summed E-state index contributed by atoms with van der Waals surface area (Å²) in [5, 5.41) is 0. The van der Waals surface area contributed by atoms with Crippen LogP contribution in [0, 0.1) is 6.92 Å². The van der Waals surface area contributed by atoms with Crippen molar-refractivity contribution in [2.24, 2.45) is 5.73 Å². The van der Waals surface area contributed by atoms with Gasteiger partial charge in [-0.25, -0.2) is 4.98 Å². The van der Waals surface area contributed by atoms with Crippen LogP contribution in [0.2, 0.25) is 0 Å². The summed E-state index contributed by atoms with van der Waals surface area (Å²) in [5.41, 5.74) is 8.78. The largest absolute Gasteiger partial charge is 0.388 e. The van der Waals surface area contributed by atoms with Gasteiger partial charge in [0.2, 0.25) is 0 Å². The van der Waals surface area contributed by atoms with Crippen LogP contribution in [-0.4, -0.2) is 17.0 Å². The highest BCUT2D eigenvalue weighted by atomic mass is 32.1. The molecule has 0 spiro atoms. The highest BCUT2D eigenvalue weighted by Crippen LogP contribution is 2.14. The van der Waals surface area contributed by atoms with E-state index in [-0.39, 0.29) is 0 Å². The van der Waals surface area contributed by atoms with Gasteiger partial charge in [0, 0.05) is 13.6 Å². The molecular formula is C15H17N3S. The summed E-state index contributed by atoms with van der Waals surface area (Å²) in [6.45, 7) is 2.89. The molecule has 2 aromatic rings. The zero-order valence-electron chi connectivity index (χ0n) is 11.1. The quantitative estimate of drug-likeness (QED) is 0.868. The fourth-order valence-corrected chi connectivity index (χ4v) is 2.05. The Hall–Kier alpha value is -1.94. The second-order valence-corrected chi connectivity index (χ2v) is 5.03. The van der Waals surface area contributed by atoms with E-state index in [2.05, 4.69) is 41.1 Å². The first-order chi connectivity index (χ1) is 9.06. The number of benzene rings is 1. The summed E-state index contributed by atoms with van der Waals surface area (Å²) in [4.78, 5) is 6.86. The Morgan fingerprint density at radius 2 is 2.00 bits per heavy atom. The highest BCUT2D eigenvalue weighted by molar-refractivity contribution is 7.80. The van der Waals surface area contributed by atoms with Crippen LogP contribution >= 0.6 is 12.2 Å². The van der Waals surface area contributed by atoms with Gasteiger partial charge in [0.05, 0.1) is 5.69 Å². The van der Waals surface area contributed by atoms with Crippen molar-refractivity contribution in [2.75, 3.05) is 11.9 Å².